The van der Waals surface area contributed by atoms with Crippen LogP contribution in [-0.4, -0.2) is 151 Å². The standard InChI is InChI=1S/C114H138O24/c1-9-103(115)127-43-59-17-81-68-30-74(88(38-68)93(81)23-59)50-134-109(121)79-13-11-65(35-101(79)113(125)137-53-77-33-70-40-91(77)95-25-61(19-83(70)95)45-129-105(117)55(3)4)107(119)131-47-63-21-85-72-32-76(90(42-72)97(85)27-63)52-136-112(124)100-16-58(8)57(7)15-99(100)111(123)132-48-64-22-86-67-29-73(87(37-67)98(86)28-64)49-133-108(120)66-12-14-80(110(122)135-51-75-31-69-39-89(75)94-24-60(18-82(69)94)44-128-104(116)10-2)102(36-66)114(126)138-54-78-34-71-41-92(78)96-26-62(20-84(71)96)46-130-106(118)56(5)6/h9-16,35-36,59-64,67-78,81-98H,1-3,5,17-34,37-54H2,4,6-8H3. The van der Waals surface area contributed by atoms with Crippen molar-refractivity contribution >= 4 is 71.6 Å². The summed E-state index contributed by atoms with van der Waals surface area (Å²) < 4.78 is 71.6. The van der Waals surface area contributed by atoms with E-state index in [0.717, 1.165) is 165 Å². The van der Waals surface area contributed by atoms with Crippen molar-refractivity contribution in [1.82, 2.24) is 0 Å². The van der Waals surface area contributed by atoms with E-state index in [2.05, 4.69) is 26.3 Å². The molecule has 24 nitrogen and oxygen atoms in total. The van der Waals surface area contributed by atoms with Gasteiger partial charge in [0.1, 0.15) is 0 Å². The molecule has 3 aromatic rings. The summed E-state index contributed by atoms with van der Waals surface area (Å²) in [6.45, 7) is 24.8. The molecule has 0 radical (unpaired) electrons. The highest BCUT2D eigenvalue weighted by Crippen LogP contribution is 2.69. The molecular weight excluding hydrogens is 1750 g/mol. The fraction of sp³-hybridized carbons (Fsp3) is 0.667. The van der Waals surface area contributed by atoms with Gasteiger partial charge in [0.25, 0.3) is 0 Å². The van der Waals surface area contributed by atoms with Crippen molar-refractivity contribution in [2.75, 3.05) is 79.3 Å². The maximum Gasteiger partial charge on any atom is 0.339 e. The van der Waals surface area contributed by atoms with E-state index in [1.807, 2.05) is 13.8 Å². The lowest BCUT2D eigenvalue weighted by molar-refractivity contribution is -0.141. The molecule has 138 heavy (non-hydrogen) atoms. The first-order valence-electron chi connectivity index (χ1n) is 52.6. The molecule has 0 saturated heterocycles. The maximum atomic E-state index is 14.6. The van der Waals surface area contributed by atoms with Crippen LogP contribution in [0.1, 0.15) is 262 Å². The third-order valence-electron chi connectivity index (χ3n) is 40.0. The highest BCUT2D eigenvalue weighted by Gasteiger charge is 2.63. The van der Waals surface area contributed by atoms with Crippen LogP contribution < -0.4 is 0 Å². The Morgan fingerprint density at radius 2 is 0.442 bits per heavy atom. The highest BCUT2D eigenvalue weighted by molar-refractivity contribution is 6.07. The Morgan fingerprint density at radius 3 is 0.688 bits per heavy atom. The van der Waals surface area contributed by atoms with Crippen molar-refractivity contribution in [3.8, 4) is 0 Å². The minimum Gasteiger partial charge on any atom is -0.462 e. The third-order valence-corrected chi connectivity index (χ3v) is 40.0. The van der Waals surface area contributed by atoms with Crippen LogP contribution in [0.25, 0.3) is 0 Å². The van der Waals surface area contributed by atoms with Gasteiger partial charge in [-0.05, 0) is 454 Å². The topological polar surface area (TPSA) is 316 Å². The minimum atomic E-state index is -0.692. The zero-order valence-corrected chi connectivity index (χ0v) is 80.6. The molecule has 0 aliphatic heterocycles. The molecule has 0 aromatic heterocycles. The Hall–Kier alpha value is -9.74. The minimum absolute atomic E-state index is 0.0309. The summed E-state index contributed by atoms with van der Waals surface area (Å²) >= 11 is 0. The molecule has 3 aromatic carbocycles. The van der Waals surface area contributed by atoms with Gasteiger partial charge in [0.15, 0.2) is 0 Å². The van der Waals surface area contributed by atoms with Gasteiger partial charge in [-0.3, -0.25) is 0 Å². The van der Waals surface area contributed by atoms with Gasteiger partial charge < -0.3 is 56.8 Å². The fourth-order valence-corrected chi connectivity index (χ4v) is 34.4. The van der Waals surface area contributed by atoms with Crippen LogP contribution in [-0.2, 0) is 76.0 Å². The van der Waals surface area contributed by atoms with Gasteiger partial charge in [-0.15, -0.1) is 0 Å². The van der Waals surface area contributed by atoms with E-state index in [9.17, 15) is 57.5 Å². The second-order valence-electron chi connectivity index (χ2n) is 47.1. The number of carbonyl (C=O) groups is 12. The Labute approximate surface area is 809 Å². The summed E-state index contributed by atoms with van der Waals surface area (Å²) in [4.78, 5) is 164. The Balaban J connectivity index is 0.412. The van der Waals surface area contributed by atoms with E-state index >= 15 is 0 Å². The quantitative estimate of drug-likeness (QED) is 0.0296. The van der Waals surface area contributed by atoms with Crippen molar-refractivity contribution < 1.29 is 114 Å². The number of hydrogen-bond donors (Lipinski definition) is 0. The van der Waals surface area contributed by atoms with E-state index in [4.69, 9.17) is 56.8 Å². The van der Waals surface area contributed by atoms with Gasteiger partial charge >= 0.3 is 71.6 Å². The monoisotopic (exact) mass is 1890 g/mol. The number of fused-ring (bicyclic) bond motifs is 30. The Kier molecular flexibility index (Phi) is 26.7. The van der Waals surface area contributed by atoms with Crippen LogP contribution in [0, 0.1) is 227 Å². The molecule has 36 atom stereocenters. The van der Waals surface area contributed by atoms with Crippen molar-refractivity contribution in [3.05, 3.63) is 154 Å². The van der Waals surface area contributed by atoms with Crippen LogP contribution in [0.4, 0.5) is 0 Å². The molecule has 18 aliphatic carbocycles. The van der Waals surface area contributed by atoms with Crippen molar-refractivity contribution in [2.24, 2.45) is 213 Å². The summed E-state index contributed by atoms with van der Waals surface area (Å²) in [6, 6.07) is 12.4. The number of aryl methyl sites for hydroxylation is 2. The smallest absolute Gasteiger partial charge is 0.339 e. The van der Waals surface area contributed by atoms with E-state index in [1.54, 1.807) is 32.0 Å². The summed E-state index contributed by atoms with van der Waals surface area (Å²) in [5.74, 6) is 6.35. The molecule has 21 rings (SSSR count). The van der Waals surface area contributed by atoms with E-state index in [0.29, 0.717) is 191 Å². The zero-order chi connectivity index (χ0) is 95.7. The molecule has 18 saturated carbocycles. The summed E-state index contributed by atoms with van der Waals surface area (Å²) in [7, 11) is 0. The van der Waals surface area contributed by atoms with E-state index in [1.165, 1.54) is 42.5 Å². The number of rotatable bonds is 36. The summed E-state index contributed by atoms with van der Waals surface area (Å²) in [5.41, 5.74) is 3.12. The fourth-order valence-electron chi connectivity index (χ4n) is 34.4. The molecule has 0 N–H and O–H groups in total. The van der Waals surface area contributed by atoms with E-state index in [-0.39, 0.29) is 168 Å². The average molecular weight is 1890 g/mol. The molecule has 738 valence electrons. The molecule has 0 spiro atoms. The Morgan fingerprint density at radius 1 is 0.239 bits per heavy atom. The summed E-state index contributed by atoms with van der Waals surface area (Å²) in [5, 5.41) is 0. The Bertz CT molecular complexity index is 5370. The SMILES string of the molecule is C=CC(=O)OCC1CC2C3CC(COC(=O)c4ccc(C(=O)OCC5CC6C7CC(COC(=O)c8cc(C)c(C)cc8C(=O)OCC8CC9C%10CC(COC(=O)c%11ccc(C(=O)OCC%12CC%13CC%12C%12CC(COC(=O)C=C)CC%13%12)c(C(=O)OCC%12CC%13CC%12C%12CC(COC(=O)C(=C)C)CC%13%12)c%11)C(C%10)C9C8)C(C7)C6C5)cc4C(=O)OCC4CC5CC4C4CC(COC(=O)C(=C)C)CC54)C(C3)C2C1. The zero-order valence-electron chi connectivity index (χ0n) is 80.6. The first kappa shape index (κ1) is 94.5. The van der Waals surface area contributed by atoms with Crippen LogP contribution in [0.2, 0.25) is 0 Å². The lowest BCUT2D eigenvalue weighted by Crippen LogP contribution is -2.29. The number of esters is 12. The largest absolute Gasteiger partial charge is 0.462 e. The van der Waals surface area contributed by atoms with Gasteiger partial charge in [-0.2, -0.15) is 0 Å². The summed E-state index contributed by atoms with van der Waals surface area (Å²) in [6.07, 6.45) is 25.8. The van der Waals surface area contributed by atoms with Crippen molar-refractivity contribution in [3.63, 3.8) is 0 Å². The van der Waals surface area contributed by atoms with Crippen LogP contribution in [0.3, 0.4) is 0 Å². The van der Waals surface area contributed by atoms with Gasteiger partial charge in [0, 0.05) is 23.3 Å². The van der Waals surface area contributed by atoms with Crippen molar-refractivity contribution in [2.45, 2.75) is 182 Å². The van der Waals surface area contributed by atoms with Crippen LogP contribution >= 0.6 is 0 Å². The molecule has 12 bridgehead atoms. The molecule has 18 aliphatic rings. The number of ether oxygens (including phenoxy) is 12. The molecular formula is C114H138O24. The second kappa shape index (κ2) is 38.9. The van der Waals surface area contributed by atoms with Gasteiger partial charge in [0.05, 0.1) is 124 Å². The predicted octanol–water partition coefficient (Wildman–Crippen LogP) is 18.4. The van der Waals surface area contributed by atoms with Gasteiger partial charge in [-0.1, -0.05) is 26.3 Å². The number of benzene rings is 3. The maximum absolute atomic E-state index is 14.6. The first-order valence-corrected chi connectivity index (χ1v) is 52.6. The number of carbonyl (C=O) groups excluding carboxylic acids is 12. The average Bonchev–Trinajstić information content (AvgIpc) is 1.61. The molecule has 0 amide bonds. The highest BCUT2D eigenvalue weighted by atomic mass is 16.6. The lowest BCUT2D eigenvalue weighted by atomic mass is 9.76. The third kappa shape index (κ3) is 18.4. The molecule has 0 heterocycles. The van der Waals surface area contributed by atoms with Gasteiger partial charge in [0.2, 0.25) is 0 Å². The van der Waals surface area contributed by atoms with Crippen LogP contribution in [0.15, 0.2) is 98.1 Å². The predicted molar refractivity (Wildman–Crippen MR) is 501 cm³/mol. The van der Waals surface area contributed by atoms with E-state index < -0.39 is 59.7 Å². The lowest BCUT2D eigenvalue weighted by Gasteiger charge is -2.31. The molecule has 18 fully saturated rings. The second-order valence-corrected chi connectivity index (χ2v) is 47.1. The van der Waals surface area contributed by atoms with Gasteiger partial charge in [-0.25, -0.2) is 57.5 Å². The number of hydrogen-bond acceptors (Lipinski definition) is 24. The first-order chi connectivity index (χ1) is 66.6. The molecule has 24 heteroatoms. The van der Waals surface area contributed by atoms with Crippen molar-refractivity contribution in [1.29, 1.82) is 0 Å². The van der Waals surface area contributed by atoms with Crippen LogP contribution in [0.5, 0.6) is 0 Å². The normalized spacial score (nSPS) is 38.1. The molecule has 36 unspecified atom stereocenters.